The molecule has 0 spiro atoms. The summed E-state index contributed by atoms with van der Waals surface area (Å²) in [5, 5.41) is 35.4. The van der Waals surface area contributed by atoms with Crippen LogP contribution in [0.3, 0.4) is 0 Å². The first-order chi connectivity index (χ1) is 45.8. The highest BCUT2D eigenvalue weighted by Gasteiger charge is 2.34. The van der Waals surface area contributed by atoms with Crippen LogP contribution in [0, 0.1) is 17.8 Å². The van der Waals surface area contributed by atoms with Crippen LogP contribution >= 0.6 is 11.8 Å². The number of amides is 15. The van der Waals surface area contributed by atoms with Crippen LogP contribution < -0.4 is 90.6 Å². The fraction of sp³-hybridized carbons (Fsp3) is 0.516. The van der Waals surface area contributed by atoms with E-state index in [1.54, 1.807) is 72.0 Å². The summed E-state index contributed by atoms with van der Waals surface area (Å²) < 4.78 is 5.07. The van der Waals surface area contributed by atoms with Gasteiger partial charge in [-0.15, -0.1) is 11.8 Å². The molecule has 15 amide bonds. The van der Waals surface area contributed by atoms with Crippen molar-refractivity contribution in [1.29, 1.82) is 0 Å². The fourth-order valence-electron chi connectivity index (χ4n) is 9.41. The van der Waals surface area contributed by atoms with Crippen molar-refractivity contribution in [3.8, 4) is 5.75 Å². The highest BCUT2D eigenvalue weighted by atomic mass is 32.2. The van der Waals surface area contributed by atoms with Crippen molar-refractivity contribution in [3.63, 3.8) is 0 Å². The lowest BCUT2D eigenvalue weighted by Gasteiger charge is -2.27. The van der Waals surface area contributed by atoms with Gasteiger partial charge in [-0.05, 0) is 79.8 Å². The van der Waals surface area contributed by atoms with Crippen molar-refractivity contribution in [2.45, 2.75) is 136 Å². The summed E-state index contributed by atoms with van der Waals surface area (Å²) in [4.78, 5) is 217. The molecule has 1 saturated heterocycles. The number of primary amides is 1. The molecule has 1 aliphatic heterocycles. The van der Waals surface area contributed by atoms with E-state index < -0.39 is 200 Å². The molecule has 3 aromatic rings. The van der Waals surface area contributed by atoms with Gasteiger partial charge in [0.25, 0.3) is 0 Å². The predicted molar refractivity (Wildman–Crippen MR) is 353 cm³/mol. The van der Waals surface area contributed by atoms with Gasteiger partial charge in [0.1, 0.15) is 54.1 Å². The van der Waals surface area contributed by atoms with Crippen LogP contribution in [-0.2, 0) is 83.1 Å². The zero-order valence-electron chi connectivity index (χ0n) is 55.2. The fourth-order valence-corrected chi connectivity index (χ4v) is 10.3. The molecule has 97 heavy (non-hydrogen) atoms. The molecule has 0 saturated carbocycles. The average molecular weight is 1380 g/mol. The maximum absolute atomic E-state index is 14.4. The zero-order valence-corrected chi connectivity index (χ0v) is 56.1. The third-order valence-electron chi connectivity index (χ3n) is 14.4. The molecule has 2 heterocycles. The number of benzene rings is 2. The Labute approximate surface area is 563 Å². The number of hydrogen-bond acceptors (Lipinski definition) is 19. The quantitative estimate of drug-likeness (QED) is 0.0447. The smallest absolute Gasteiger partial charge is 0.325 e. The number of nitrogens with two attached hydrogens (primary N) is 2. The normalized spacial score (nSPS) is 21.9. The first-order valence-corrected chi connectivity index (χ1v) is 32.4. The number of hydrogen-bond donors (Lipinski definition) is 17. The van der Waals surface area contributed by atoms with Crippen molar-refractivity contribution in [3.05, 3.63) is 60.3 Å². The Hall–Kier alpha value is -10.2. The predicted octanol–water partition coefficient (Wildman–Crippen LogP) is -4.53. The van der Waals surface area contributed by atoms with Crippen LogP contribution in [0.4, 0.5) is 5.69 Å². The summed E-state index contributed by atoms with van der Waals surface area (Å²) >= 11 is 0.817. The summed E-state index contributed by atoms with van der Waals surface area (Å²) in [5.41, 5.74) is 12.4. The van der Waals surface area contributed by atoms with Gasteiger partial charge in [0.05, 0.1) is 38.5 Å². The molecule has 35 heteroatoms. The third-order valence-corrected chi connectivity index (χ3v) is 15.4. The van der Waals surface area contributed by atoms with Gasteiger partial charge in [0.15, 0.2) is 0 Å². The minimum absolute atomic E-state index is 0.00826. The Balaban J connectivity index is 1.68. The monoisotopic (exact) mass is 1380 g/mol. The number of nitrogens with one attached hydrogen (secondary N) is 15. The van der Waals surface area contributed by atoms with Crippen LogP contribution in [0.5, 0.6) is 5.75 Å². The van der Waals surface area contributed by atoms with Crippen LogP contribution in [0.1, 0.15) is 86.6 Å². The standard InChI is InChI=1S/C62H89N17O17S/c1-31(2)19-42-57(90)68-26-49(83)73-41(17-18-47(81)72-37-13-15-38(16-14-37)96-53(87)22-63)59(92)78-43(20-32(3)4)60(93)79-54(33(5)6)62(95)70-28-51(85)76-46(55(64)88)29-97-30-52(86)67-24-45(75-48(82)25-65-35(8)80)61(94)71-34(7)56(89)77-44(58(91)69-27-50(84)74-42)21-36-23-66-40-12-10-9-11-39(36)40/h9-16,23,31-34,41-46,54,66H,17-22,24-30,63H2,1-8H3,(H2,64,88)(H,65,80)(H,67,86)(H,68,90)(H,69,91)(H,70,95)(H,71,94)(H,72,81)(H,73,83)(H,74,84)(H,75,82)(H,76,85)(H,77,89)(H,78,92)(H,79,93)/t34-,41-,42-,43-,44-,45-,46-,54-/m0/s1. The molecule has 1 fully saturated rings. The second kappa shape index (κ2) is 39.6. The Bertz CT molecular complexity index is 3340. The number of anilines is 1. The van der Waals surface area contributed by atoms with Crippen molar-refractivity contribution < 1.29 is 81.4 Å². The van der Waals surface area contributed by atoms with Gasteiger partial charge in [-0.2, -0.15) is 0 Å². The number of H-pyrrole nitrogens is 1. The van der Waals surface area contributed by atoms with E-state index in [9.17, 15) is 76.7 Å². The molecule has 0 bridgehead atoms. The van der Waals surface area contributed by atoms with Gasteiger partial charge in [0.2, 0.25) is 88.6 Å². The van der Waals surface area contributed by atoms with Gasteiger partial charge in [0, 0.05) is 54.9 Å². The number of carbonyl (C=O) groups excluding carboxylic acids is 16. The molecule has 2 aromatic carbocycles. The molecule has 34 nitrogen and oxygen atoms in total. The SMILES string of the molecule is CC(=O)NCC(=O)N[C@H]1CNC(=O)CSC[C@@H](C(N)=O)NC(=O)CNC(=O)[C@H](C(C)C)NC(=O)[C@H](CC(C)C)NC(=O)[C@H](CCC(=O)Nc2ccc(OC(=O)CN)cc2)NC(=O)CNC(=O)[C@H](CC(C)C)NC(=O)CNC(=O)[C@H](Cc2c[nH]c3ccccc23)NC(=O)[C@H](C)NC1=O. The summed E-state index contributed by atoms with van der Waals surface area (Å²) in [5.74, 6) is -15.4. The van der Waals surface area contributed by atoms with E-state index in [0.29, 0.717) is 16.5 Å². The van der Waals surface area contributed by atoms with Gasteiger partial charge in [-0.1, -0.05) is 59.7 Å². The number of ether oxygens (including phenoxy) is 1. The third kappa shape index (κ3) is 28.4. The van der Waals surface area contributed by atoms with Crippen molar-refractivity contribution in [2.24, 2.45) is 29.2 Å². The van der Waals surface area contributed by atoms with Gasteiger partial charge < -0.3 is 95.6 Å². The summed E-state index contributed by atoms with van der Waals surface area (Å²) in [6, 6.07) is 1.20. The molecule has 530 valence electrons. The van der Waals surface area contributed by atoms with Crippen LogP contribution in [-0.4, -0.2) is 199 Å². The minimum Gasteiger partial charge on any atom is -0.426 e. The highest BCUT2D eigenvalue weighted by molar-refractivity contribution is 8.00. The van der Waals surface area contributed by atoms with Gasteiger partial charge in [-0.3, -0.25) is 76.7 Å². The largest absolute Gasteiger partial charge is 0.426 e. The maximum Gasteiger partial charge on any atom is 0.325 e. The average Bonchev–Trinajstić information content (AvgIpc) is 1.73. The first kappa shape index (κ1) is 79.2. The van der Waals surface area contributed by atoms with Crippen molar-refractivity contribution >= 4 is 123 Å². The van der Waals surface area contributed by atoms with Crippen molar-refractivity contribution in [2.75, 3.05) is 56.1 Å². The molecular weight excluding hydrogens is 1290 g/mol. The second-order valence-corrected chi connectivity index (χ2v) is 25.0. The summed E-state index contributed by atoms with van der Waals surface area (Å²) in [6.07, 6.45) is 0.601. The molecule has 1 aliphatic rings. The molecule has 4 rings (SSSR count). The summed E-state index contributed by atoms with van der Waals surface area (Å²) in [6.45, 7) is 8.70. The molecule has 1 aromatic heterocycles. The number of fused-ring (bicyclic) bond motifs is 1. The molecule has 0 aliphatic carbocycles. The zero-order chi connectivity index (χ0) is 72.1. The number of aromatic amines is 1. The van der Waals surface area contributed by atoms with E-state index in [-0.39, 0.29) is 54.8 Å². The maximum atomic E-state index is 14.4. The van der Waals surface area contributed by atoms with E-state index in [4.69, 9.17) is 16.2 Å². The van der Waals surface area contributed by atoms with Crippen LogP contribution in [0.2, 0.25) is 0 Å². The molecular formula is C62H89N17O17S. The number of aromatic nitrogens is 1. The number of rotatable bonds is 17. The minimum atomic E-state index is -1.59. The lowest BCUT2D eigenvalue weighted by atomic mass is 9.99. The molecule has 0 radical (unpaired) electrons. The number of thioether (sulfide) groups is 1. The Morgan fingerprint density at radius 3 is 1.78 bits per heavy atom. The van der Waals surface area contributed by atoms with Crippen LogP contribution in [0.25, 0.3) is 10.9 Å². The number of carbonyl (C=O) groups is 16. The topological polar surface area (TPSA) is 519 Å². The highest BCUT2D eigenvalue weighted by Crippen LogP contribution is 2.20. The van der Waals surface area contributed by atoms with Crippen LogP contribution in [0.15, 0.2) is 54.7 Å². The molecule has 8 atom stereocenters. The Morgan fingerprint density at radius 1 is 0.619 bits per heavy atom. The number of esters is 1. The van der Waals surface area contributed by atoms with E-state index in [2.05, 4.69) is 79.4 Å². The Kier molecular flexibility index (Phi) is 32.4. The number of para-hydroxylation sites is 1. The van der Waals surface area contributed by atoms with E-state index in [0.717, 1.165) is 18.7 Å². The van der Waals surface area contributed by atoms with Crippen molar-refractivity contribution in [1.82, 2.24) is 74.1 Å². The van der Waals surface area contributed by atoms with E-state index in [1.807, 2.05) is 0 Å². The molecule has 19 N–H and O–H groups in total. The Morgan fingerprint density at radius 2 is 1.19 bits per heavy atom. The molecule has 0 unspecified atom stereocenters. The lowest BCUT2D eigenvalue weighted by molar-refractivity contribution is -0.135. The summed E-state index contributed by atoms with van der Waals surface area (Å²) in [7, 11) is 0. The van der Waals surface area contributed by atoms with Gasteiger partial charge >= 0.3 is 5.97 Å². The van der Waals surface area contributed by atoms with Gasteiger partial charge in [-0.25, -0.2) is 0 Å². The van der Waals surface area contributed by atoms with E-state index in [1.165, 1.54) is 31.2 Å². The second-order valence-electron chi connectivity index (χ2n) is 24.0. The first-order valence-electron chi connectivity index (χ1n) is 31.3. The van der Waals surface area contributed by atoms with E-state index >= 15 is 0 Å². The lowest BCUT2D eigenvalue weighted by Crippen LogP contribution is -2.59.